The molecular formula is C7H17NO2. The zero-order chi connectivity index (χ0) is 7.98. The molecule has 0 aliphatic rings. The van der Waals surface area contributed by atoms with E-state index in [2.05, 4.69) is 5.32 Å². The predicted molar refractivity (Wildman–Crippen MR) is 40.8 cm³/mol. The van der Waals surface area contributed by atoms with Crippen LogP contribution in [0.15, 0.2) is 0 Å². The number of nitrogens with one attached hydrogen (secondary N) is 1. The minimum atomic E-state index is 0.118. The third kappa shape index (κ3) is 3.82. The Balaban J connectivity index is 3.40. The molecule has 3 nitrogen and oxygen atoms in total. The molecule has 3 N–H and O–H groups in total. The smallest absolute Gasteiger partial charge is 0.0587 e. The van der Waals surface area contributed by atoms with Crippen molar-refractivity contribution in [2.24, 2.45) is 5.92 Å². The summed E-state index contributed by atoms with van der Waals surface area (Å²) in [7, 11) is 0. The first-order valence-corrected chi connectivity index (χ1v) is 3.67. The highest BCUT2D eigenvalue weighted by Crippen LogP contribution is 1.98. The minimum absolute atomic E-state index is 0.118. The van der Waals surface area contributed by atoms with E-state index in [4.69, 9.17) is 10.2 Å². The van der Waals surface area contributed by atoms with E-state index in [0.717, 1.165) is 0 Å². The number of hydrogen-bond acceptors (Lipinski definition) is 3. The number of hydrogen-bond donors (Lipinski definition) is 3. The number of aliphatic hydroxyl groups is 2. The van der Waals surface area contributed by atoms with E-state index >= 15 is 0 Å². The molecule has 0 amide bonds. The lowest BCUT2D eigenvalue weighted by molar-refractivity contribution is 0.198. The average molecular weight is 147 g/mol. The Morgan fingerprint density at radius 2 is 1.90 bits per heavy atom. The zero-order valence-electron chi connectivity index (χ0n) is 6.67. The van der Waals surface area contributed by atoms with E-state index in [9.17, 15) is 0 Å². The molecule has 0 unspecified atom stereocenters. The molecule has 0 aromatic rings. The van der Waals surface area contributed by atoms with E-state index in [0.29, 0.717) is 12.5 Å². The van der Waals surface area contributed by atoms with Crippen LogP contribution in [0.1, 0.15) is 13.8 Å². The van der Waals surface area contributed by atoms with Gasteiger partial charge in [-0.1, -0.05) is 13.8 Å². The van der Waals surface area contributed by atoms with Crippen molar-refractivity contribution in [1.82, 2.24) is 5.32 Å². The summed E-state index contributed by atoms with van der Waals surface area (Å²) >= 11 is 0. The van der Waals surface area contributed by atoms with Gasteiger partial charge in [-0.25, -0.2) is 0 Å². The van der Waals surface area contributed by atoms with Gasteiger partial charge in [-0.3, -0.25) is 0 Å². The number of aliphatic hydroxyl groups excluding tert-OH is 2. The van der Waals surface area contributed by atoms with E-state index in [-0.39, 0.29) is 19.3 Å². The molecule has 0 saturated carbocycles. The Kier molecular flexibility index (Phi) is 5.58. The highest BCUT2D eigenvalue weighted by atomic mass is 16.3. The van der Waals surface area contributed by atoms with Crippen LogP contribution in [0.3, 0.4) is 0 Å². The normalized spacial score (nSPS) is 14.1. The summed E-state index contributed by atoms with van der Waals surface area (Å²) in [5, 5.41) is 20.2. The van der Waals surface area contributed by atoms with Crippen LogP contribution in [0.5, 0.6) is 0 Å². The van der Waals surface area contributed by atoms with E-state index in [1.807, 2.05) is 13.8 Å². The molecule has 0 saturated heterocycles. The second-order valence-electron chi connectivity index (χ2n) is 2.71. The van der Waals surface area contributed by atoms with Crippen molar-refractivity contribution in [1.29, 1.82) is 0 Å². The lowest BCUT2D eigenvalue weighted by atomic mass is 10.1. The van der Waals surface area contributed by atoms with Crippen molar-refractivity contribution < 1.29 is 10.2 Å². The van der Waals surface area contributed by atoms with Crippen LogP contribution in [-0.2, 0) is 0 Å². The summed E-state index contributed by atoms with van der Waals surface area (Å²) in [4.78, 5) is 0. The molecule has 0 aromatic heterocycles. The lowest BCUT2D eigenvalue weighted by Crippen LogP contribution is -2.38. The summed E-state index contributed by atoms with van der Waals surface area (Å²) in [6.45, 7) is 4.89. The Bertz CT molecular complexity index is 76.0. The van der Waals surface area contributed by atoms with Gasteiger partial charge in [0.05, 0.1) is 13.2 Å². The summed E-state index contributed by atoms with van der Waals surface area (Å²) in [6.07, 6.45) is 0. The van der Waals surface area contributed by atoms with Crippen molar-refractivity contribution in [2.45, 2.75) is 19.9 Å². The topological polar surface area (TPSA) is 52.5 Å². The fraction of sp³-hybridized carbons (Fsp3) is 1.00. The van der Waals surface area contributed by atoms with Gasteiger partial charge in [0.25, 0.3) is 0 Å². The third-order valence-electron chi connectivity index (χ3n) is 1.52. The van der Waals surface area contributed by atoms with E-state index in [1.54, 1.807) is 0 Å². The Morgan fingerprint density at radius 1 is 1.30 bits per heavy atom. The van der Waals surface area contributed by atoms with Crippen LogP contribution in [0.2, 0.25) is 0 Å². The van der Waals surface area contributed by atoms with Gasteiger partial charge in [-0.05, 0) is 5.92 Å². The van der Waals surface area contributed by atoms with E-state index in [1.165, 1.54) is 0 Å². The molecule has 0 heterocycles. The molecule has 1 atom stereocenters. The molecule has 0 bridgehead atoms. The molecule has 10 heavy (non-hydrogen) atoms. The van der Waals surface area contributed by atoms with Crippen LogP contribution < -0.4 is 5.32 Å². The first-order chi connectivity index (χ1) is 4.72. The van der Waals surface area contributed by atoms with Crippen molar-refractivity contribution in [3.63, 3.8) is 0 Å². The molecule has 0 aliphatic carbocycles. The maximum atomic E-state index is 8.78. The fourth-order valence-corrected chi connectivity index (χ4v) is 0.761. The molecule has 3 heteroatoms. The van der Waals surface area contributed by atoms with Crippen LogP contribution in [0.25, 0.3) is 0 Å². The first-order valence-electron chi connectivity index (χ1n) is 3.67. The van der Waals surface area contributed by atoms with Gasteiger partial charge in [0, 0.05) is 12.6 Å². The highest BCUT2D eigenvalue weighted by Gasteiger charge is 2.09. The fourth-order valence-electron chi connectivity index (χ4n) is 0.761. The van der Waals surface area contributed by atoms with Crippen LogP contribution >= 0.6 is 0 Å². The minimum Gasteiger partial charge on any atom is -0.395 e. The van der Waals surface area contributed by atoms with Gasteiger partial charge in [0.2, 0.25) is 0 Å². The molecule has 0 aliphatic heterocycles. The summed E-state index contributed by atoms with van der Waals surface area (Å²) in [5.74, 6) is 0.413. The summed E-state index contributed by atoms with van der Waals surface area (Å²) < 4.78 is 0. The lowest BCUT2D eigenvalue weighted by Gasteiger charge is -2.18. The third-order valence-corrected chi connectivity index (χ3v) is 1.52. The van der Waals surface area contributed by atoms with Crippen LogP contribution in [0, 0.1) is 5.92 Å². The molecule has 0 fully saturated rings. The number of rotatable bonds is 5. The monoisotopic (exact) mass is 147 g/mol. The summed E-state index contributed by atoms with van der Waals surface area (Å²) in [5.41, 5.74) is 0. The predicted octanol–water partition coefficient (Wildman–Crippen LogP) is -0.415. The first kappa shape index (κ1) is 9.88. The second kappa shape index (κ2) is 5.65. The Hall–Kier alpha value is -0.120. The second-order valence-corrected chi connectivity index (χ2v) is 2.71. The molecule has 0 spiro atoms. The van der Waals surface area contributed by atoms with Gasteiger partial charge >= 0.3 is 0 Å². The van der Waals surface area contributed by atoms with Gasteiger partial charge in [-0.15, -0.1) is 0 Å². The Labute approximate surface area is 62.1 Å². The van der Waals surface area contributed by atoms with Gasteiger partial charge in [0.15, 0.2) is 0 Å². The molecular weight excluding hydrogens is 130 g/mol. The van der Waals surface area contributed by atoms with Gasteiger partial charge < -0.3 is 15.5 Å². The quantitative estimate of drug-likeness (QED) is 0.495. The molecule has 0 rings (SSSR count). The molecule has 62 valence electrons. The maximum absolute atomic E-state index is 8.78. The molecule has 0 radical (unpaired) electrons. The van der Waals surface area contributed by atoms with Crippen molar-refractivity contribution in [3.05, 3.63) is 0 Å². The van der Waals surface area contributed by atoms with Crippen LogP contribution in [0.4, 0.5) is 0 Å². The maximum Gasteiger partial charge on any atom is 0.0587 e. The van der Waals surface area contributed by atoms with Gasteiger partial charge in [0.1, 0.15) is 0 Å². The Morgan fingerprint density at radius 3 is 2.20 bits per heavy atom. The highest BCUT2D eigenvalue weighted by molar-refractivity contribution is 4.67. The van der Waals surface area contributed by atoms with Crippen molar-refractivity contribution in [2.75, 3.05) is 19.8 Å². The average Bonchev–Trinajstić information content (AvgIpc) is 1.89. The molecule has 0 aromatic carbocycles. The van der Waals surface area contributed by atoms with Crippen molar-refractivity contribution in [3.8, 4) is 0 Å². The summed E-state index contributed by atoms with van der Waals surface area (Å²) in [6, 6.07) is 0.118. The standard InChI is InChI=1S/C7H17NO2/c1-6(2)7(5-10)8-3-4-9/h6-10H,3-5H2,1-2H3/t7-/m1/s1. The van der Waals surface area contributed by atoms with Gasteiger partial charge in [-0.2, -0.15) is 0 Å². The van der Waals surface area contributed by atoms with Crippen molar-refractivity contribution >= 4 is 0 Å². The van der Waals surface area contributed by atoms with E-state index < -0.39 is 0 Å². The zero-order valence-corrected chi connectivity index (χ0v) is 6.67. The largest absolute Gasteiger partial charge is 0.395 e. The van der Waals surface area contributed by atoms with Crippen LogP contribution in [-0.4, -0.2) is 36.0 Å². The SMILES string of the molecule is CC(C)[C@@H](CO)NCCO.